The fraction of sp³-hybridized carbons (Fsp3) is 0.500. The molecule has 4 heterocycles. The average molecular weight is 500 g/mol. The zero-order chi connectivity index (χ0) is 25.2. The number of hydrogen-bond acceptors (Lipinski definition) is 6. The van der Waals surface area contributed by atoms with Gasteiger partial charge in [0.15, 0.2) is 0 Å². The van der Waals surface area contributed by atoms with Crippen molar-refractivity contribution in [2.45, 2.75) is 47.2 Å². The molecular weight excluding hydrogens is 466 g/mol. The van der Waals surface area contributed by atoms with Crippen LogP contribution in [0.25, 0.3) is 11.0 Å². The van der Waals surface area contributed by atoms with Gasteiger partial charge in [-0.05, 0) is 63.4 Å². The number of aliphatic carboxylic acids is 1. The second-order valence-electron chi connectivity index (χ2n) is 9.68. The number of fused-ring (bicyclic) bond motifs is 3. The highest BCUT2D eigenvalue weighted by atomic mass is 32.1. The Balaban J connectivity index is 1.39. The largest absolute Gasteiger partial charge is 0.481 e. The summed E-state index contributed by atoms with van der Waals surface area (Å²) >= 11 is 1.80. The van der Waals surface area contributed by atoms with Gasteiger partial charge in [-0.2, -0.15) is 0 Å². The molecule has 0 fully saturated rings. The van der Waals surface area contributed by atoms with Crippen molar-refractivity contribution in [2.75, 3.05) is 33.0 Å². The Labute approximate surface area is 209 Å². The molecule has 0 saturated carbocycles. The fourth-order valence-electron chi connectivity index (χ4n) is 4.41. The van der Waals surface area contributed by atoms with Gasteiger partial charge in [0, 0.05) is 33.6 Å². The molecule has 8 nitrogen and oxygen atoms in total. The molecule has 4 rings (SSSR count). The minimum absolute atomic E-state index is 0.0255. The lowest BCUT2D eigenvalue weighted by Gasteiger charge is -2.28. The van der Waals surface area contributed by atoms with Crippen LogP contribution >= 0.6 is 11.3 Å². The molecule has 0 atom stereocenters. The Morgan fingerprint density at radius 2 is 2.00 bits per heavy atom. The van der Waals surface area contributed by atoms with E-state index in [1.165, 1.54) is 20.9 Å². The molecule has 1 aliphatic rings. The van der Waals surface area contributed by atoms with Gasteiger partial charge in [0.1, 0.15) is 12.3 Å². The minimum Gasteiger partial charge on any atom is -0.481 e. The van der Waals surface area contributed by atoms with Crippen molar-refractivity contribution in [1.82, 2.24) is 14.5 Å². The van der Waals surface area contributed by atoms with Crippen LogP contribution < -0.4 is 0 Å². The fourth-order valence-corrected chi connectivity index (χ4v) is 5.35. The van der Waals surface area contributed by atoms with Gasteiger partial charge >= 0.3 is 5.97 Å². The molecule has 0 radical (unpaired) electrons. The van der Waals surface area contributed by atoms with E-state index in [-0.39, 0.29) is 32.3 Å². The van der Waals surface area contributed by atoms with Gasteiger partial charge in [-0.15, -0.1) is 11.3 Å². The number of aryl methyl sites for hydroxylation is 2. The van der Waals surface area contributed by atoms with Crippen molar-refractivity contribution < 1.29 is 24.2 Å². The quantitative estimate of drug-likeness (QED) is 0.427. The maximum atomic E-state index is 12.9. The lowest BCUT2D eigenvalue weighted by molar-refractivity contribution is -0.150. The van der Waals surface area contributed by atoms with Crippen molar-refractivity contribution in [1.29, 1.82) is 0 Å². The van der Waals surface area contributed by atoms with Crippen LogP contribution in [0.5, 0.6) is 0 Å². The monoisotopic (exact) mass is 499 g/mol. The van der Waals surface area contributed by atoms with Crippen molar-refractivity contribution in [3.8, 4) is 0 Å². The number of hydrogen-bond donors (Lipinski definition) is 1. The van der Waals surface area contributed by atoms with E-state index in [4.69, 9.17) is 14.6 Å². The zero-order valence-electron chi connectivity index (χ0n) is 20.8. The molecular formula is C26H33N3O5S. The number of rotatable bonds is 10. The summed E-state index contributed by atoms with van der Waals surface area (Å²) in [5, 5.41) is 10.3. The first-order valence-corrected chi connectivity index (χ1v) is 12.7. The summed E-state index contributed by atoms with van der Waals surface area (Å²) in [7, 11) is 0. The van der Waals surface area contributed by atoms with Crippen molar-refractivity contribution >= 4 is 34.2 Å². The normalized spacial score (nSPS) is 13.9. The number of nitrogens with zero attached hydrogens (tertiary/aromatic N) is 3. The SMILES string of the molecule is Cc1cc(Cn2c3c(c4cccnc42)CCN(C(=O)COCCOCC(C)(C)C(=O)O)C3)c(C)s1. The summed E-state index contributed by atoms with van der Waals surface area (Å²) < 4.78 is 13.2. The Morgan fingerprint density at radius 3 is 2.71 bits per heavy atom. The van der Waals surface area contributed by atoms with Gasteiger partial charge < -0.3 is 24.0 Å². The van der Waals surface area contributed by atoms with E-state index in [1.54, 1.807) is 25.2 Å². The van der Waals surface area contributed by atoms with Crippen LogP contribution in [0.2, 0.25) is 0 Å². The third-order valence-electron chi connectivity index (χ3n) is 6.48. The standard InChI is InChI=1S/C26H33N3O5S/c1-17-12-19(18(2)35-17)13-29-22-14-28(9-7-20(22)21-6-5-8-27-24(21)29)23(30)15-33-10-11-34-16-26(3,4)25(31)32/h5-6,8,12H,7,9-11,13-16H2,1-4H3,(H,31,32). The van der Waals surface area contributed by atoms with Crippen LogP contribution in [0.4, 0.5) is 0 Å². The Bertz CT molecular complexity index is 1230. The van der Waals surface area contributed by atoms with E-state index in [9.17, 15) is 9.59 Å². The Morgan fingerprint density at radius 1 is 1.23 bits per heavy atom. The van der Waals surface area contributed by atoms with Gasteiger partial charge in [0.25, 0.3) is 0 Å². The second kappa shape index (κ2) is 10.5. The Hall–Kier alpha value is -2.75. The van der Waals surface area contributed by atoms with Crippen LogP contribution in [-0.2, 0) is 38.6 Å². The zero-order valence-corrected chi connectivity index (χ0v) is 21.6. The lowest BCUT2D eigenvalue weighted by Crippen LogP contribution is -2.39. The predicted molar refractivity (Wildman–Crippen MR) is 135 cm³/mol. The number of carbonyl (C=O) groups is 2. The van der Waals surface area contributed by atoms with Gasteiger partial charge in [-0.3, -0.25) is 9.59 Å². The maximum absolute atomic E-state index is 12.9. The van der Waals surface area contributed by atoms with Crippen molar-refractivity contribution in [3.63, 3.8) is 0 Å². The van der Waals surface area contributed by atoms with E-state index in [1.807, 2.05) is 17.2 Å². The first-order valence-electron chi connectivity index (χ1n) is 11.8. The van der Waals surface area contributed by atoms with Crippen LogP contribution in [0.3, 0.4) is 0 Å². The number of carbonyl (C=O) groups excluding carboxylic acids is 1. The van der Waals surface area contributed by atoms with Gasteiger partial charge in [0.2, 0.25) is 5.91 Å². The van der Waals surface area contributed by atoms with Gasteiger partial charge in [-0.25, -0.2) is 4.98 Å². The predicted octanol–water partition coefficient (Wildman–Crippen LogP) is 3.79. The van der Waals surface area contributed by atoms with Crippen molar-refractivity contribution in [2.24, 2.45) is 5.41 Å². The van der Waals surface area contributed by atoms with E-state index in [0.717, 1.165) is 29.7 Å². The molecule has 9 heteroatoms. The highest BCUT2D eigenvalue weighted by molar-refractivity contribution is 7.12. The number of pyridine rings is 1. The smallest absolute Gasteiger partial charge is 0.311 e. The summed E-state index contributed by atoms with van der Waals surface area (Å²) in [6.45, 7) is 9.96. The summed E-state index contributed by atoms with van der Waals surface area (Å²) in [4.78, 5) is 33.1. The van der Waals surface area contributed by atoms with Crippen LogP contribution in [0, 0.1) is 19.3 Å². The molecule has 0 saturated heterocycles. The van der Waals surface area contributed by atoms with E-state index in [0.29, 0.717) is 13.1 Å². The molecule has 188 valence electrons. The molecule has 35 heavy (non-hydrogen) atoms. The molecule has 0 spiro atoms. The number of amides is 1. The van der Waals surface area contributed by atoms with Crippen molar-refractivity contribution in [3.05, 3.63) is 51.0 Å². The van der Waals surface area contributed by atoms with E-state index in [2.05, 4.69) is 35.5 Å². The average Bonchev–Trinajstić information content (AvgIpc) is 3.31. The van der Waals surface area contributed by atoms with Crippen LogP contribution in [0.1, 0.15) is 40.4 Å². The van der Waals surface area contributed by atoms with Gasteiger partial charge in [0.05, 0.1) is 38.3 Å². The third-order valence-corrected chi connectivity index (χ3v) is 7.49. The summed E-state index contributed by atoms with van der Waals surface area (Å²) in [6, 6.07) is 6.33. The first-order chi connectivity index (χ1) is 16.7. The van der Waals surface area contributed by atoms with E-state index < -0.39 is 11.4 Å². The van der Waals surface area contributed by atoms with Crippen LogP contribution in [0.15, 0.2) is 24.4 Å². The molecule has 0 aliphatic carbocycles. The lowest BCUT2D eigenvalue weighted by atomic mass is 9.95. The maximum Gasteiger partial charge on any atom is 0.311 e. The number of ether oxygens (including phenoxy) is 2. The molecule has 1 N–H and O–H groups in total. The second-order valence-corrected chi connectivity index (χ2v) is 11.1. The summed E-state index contributed by atoms with van der Waals surface area (Å²) in [6.07, 6.45) is 2.61. The summed E-state index contributed by atoms with van der Waals surface area (Å²) in [5.74, 6) is -0.969. The minimum atomic E-state index is -0.950. The molecule has 0 unspecified atom stereocenters. The third kappa shape index (κ3) is 5.58. The first kappa shape index (κ1) is 25.3. The van der Waals surface area contributed by atoms with E-state index >= 15 is 0 Å². The Kier molecular flexibility index (Phi) is 7.59. The summed E-state index contributed by atoms with van der Waals surface area (Å²) in [5.41, 5.74) is 3.72. The molecule has 3 aromatic heterocycles. The molecule has 0 aromatic carbocycles. The highest BCUT2D eigenvalue weighted by Crippen LogP contribution is 2.32. The molecule has 1 aliphatic heterocycles. The van der Waals surface area contributed by atoms with Crippen LogP contribution in [-0.4, -0.2) is 64.4 Å². The topological polar surface area (TPSA) is 93.9 Å². The number of carboxylic acids is 1. The number of aromatic nitrogens is 2. The molecule has 1 amide bonds. The number of thiophene rings is 1. The highest BCUT2D eigenvalue weighted by Gasteiger charge is 2.28. The molecule has 0 bridgehead atoms. The van der Waals surface area contributed by atoms with Gasteiger partial charge in [-0.1, -0.05) is 0 Å². The molecule has 3 aromatic rings. The number of carboxylic acid groups (broad SMARTS) is 1.